The minimum atomic E-state index is 0.181. The molecule has 204 valence electrons. The molecule has 0 amide bonds. The lowest BCUT2D eigenvalue weighted by Crippen LogP contribution is -2.44. The quantitative estimate of drug-likeness (QED) is 0.372. The molecule has 9 nitrogen and oxygen atoms in total. The summed E-state index contributed by atoms with van der Waals surface area (Å²) >= 11 is 7.20. The van der Waals surface area contributed by atoms with E-state index < -0.39 is 0 Å². The summed E-state index contributed by atoms with van der Waals surface area (Å²) in [6, 6.07) is 6.71. The molecule has 2 aromatic carbocycles. The highest BCUT2D eigenvalue weighted by Crippen LogP contribution is 2.48. The number of halogens is 1. The van der Waals surface area contributed by atoms with Crippen molar-refractivity contribution in [1.29, 1.82) is 0 Å². The van der Waals surface area contributed by atoms with Crippen molar-refractivity contribution >= 4 is 45.2 Å². The summed E-state index contributed by atoms with van der Waals surface area (Å²) in [5, 5.41) is 13.5. The van der Waals surface area contributed by atoms with Crippen LogP contribution in [-0.2, 0) is 0 Å². The van der Waals surface area contributed by atoms with Crippen LogP contribution >= 0.6 is 11.6 Å². The van der Waals surface area contributed by atoms with Crippen LogP contribution in [0.3, 0.4) is 0 Å². The molecule has 0 spiro atoms. The highest BCUT2D eigenvalue weighted by Gasteiger charge is 2.32. The number of aromatic amines is 1. The number of H-pyrrole nitrogens is 1. The van der Waals surface area contributed by atoms with Crippen molar-refractivity contribution in [2.75, 3.05) is 63.2 Å². The van der Waals surface area contributed by atoms with E-state index in [0.29, 0.717) is 11.1 Å². The molecule has 3 aliphatic rings. The first-order valence-corrected chi connectivity index (χ1v) is 14.4. The number of nitrogens with zero attached hydrogens (tertiary/aromatic N) is 6. The number of hydrogen-bond acceptors (Lipinski definition) is 8. The average molecular weight is 547 g/mol. The third-order valence-corrected chi connectivity index (χ3v) is 8.65. The van der Waals surface area contributed by atoms with Crippen LogP contribution in [0.1, 0.15) is 24.8 Å². The van der Waals surface area contributed by atoms with Gasteiger partial charge in [0.15, 0.2) is 5.75 Å². The van der Waals surface area contributed by atoms with Crippen molar-refractivity contribution in [1.82, 2.24) is 30.4 Å². The van der Waals surface area contributed by atoms with E-state index >= 15 is 0 Å². The third-order valence-electron chi connectivity index (χ3n) is 8.35. The molecule has 3 fully saturated rings. The molecule has 2 N–H and O–H groups in total. The number of anilines is 2. The van der Waals surface area contributed by atoms with Crippen molar-refractivity contribution in [2.24, 2.45) is 0 Å². The topological polar surface area (TPSA) is 85.4 Å². The van der Waals surface area contributed by atoms with E-state index in [1.54, 1.807) is 0 Å². The number of hydrogen-bond donors (Lipinski definition) is 2. The summed E-state index contributed by atoms with van der Waals surface area (Å²) in [5.41, 5.74) is 4.87. The molecule has 1 atom stereocenters. The monoisotopic (exact) mass is 546 g/mol. The third kappa shape index (κ3) is 4.46. The second-order valence-electron chi connectivity index (χ2n) is 11.3. The Hall–Kier alpha value is -3.14. The minimum absolute atomic E-state index is 0.181. The average Bonchev–Trinajstić information content (AvgIpc) is 3.40. The van der Waals surface area contributed by atoms with E-state index in [9.17, 15) is 0 Å². The van der Waals surface area contributed by atoms with Crippen molar-refractivity contribution in [3.8, 4) is 16.9 Å². The first-order valence-electron chi connectivity index (χ1n) is 14.0. The number of piperazine rings is 1. The van der Waals surface area contributed by atoms with E-state index in [0.717, 1.165) is 115 Å². The standard InChI is InChI=1S/C29H35ClN8O/c1-17-4-7-23-21(15-32-35-23)24(17)25-22(30)14-20-26(27(25)39-19-5-6-19)33-29(38-11-8-18(16-38)36(2)3)34-28(20)37-12-9-31-10-13-37/h4,7,14-15,18-19,31H,5-6,8-13,16H2,1-3H3,(H,32,35). The van der Waals surface area contributed by atoms with Crippen LogP contribution in [0.25, 0.3) is 32.9 Å². The van der Waals surface area contributed by atoms with Gasteiger partial charge in [0.25, 0.3) is 0 Å². The van der Waals surface area contributed by atoms with Gasteiger partial charge < -0.3 is 24.8 Å². The molecule has 4 aromatic rings. The van der Waals surface area contributed by atoms with Crippen LogP contribution in [0.15, 0.2) is 24.4 Å². The molecule has 7 rings (SSSR count). The van der Waals surface area contributed by atoms with E-state index in [1.165, 1.54) is 0 Å². The van der Waals surface area contributed by atoms with E-state index in [2.05, 4.69) is 69.4 Å². The van der Waals surface area contributed by atoms with Crippen molar-refractivity contribution in [2.45, 2.75) is 38.3 Å². The normalized spacial score (nSPS) is 20.1. The number of rotatable bonds is 6. The van der Waals surface area contributed by atoms with Crippen molar-refractivity contribution < 1.29 is 4.74 Å². The first-order chi connectivity index (χ1) is 19.0. The van der Waals surface area contributed by atoms with Gasteiger partial charge in [0.1, 0.15) is 11.3 Å². The Kier molecular flexibility index (Phi) is 6.25. The second kappa shape index (κ2) is 9.80. The van der Waals surface area contributed by atoms with E-state index in [-0.39, 0.29) is 6.10 Å². The lowest BCUT2D eigenvalue weighted by molar-refractivity contribution is 0.307. The fraction of sp³-hybridized carbons (Fsp3) is 0.483. The predicted molar refractivity (Wildman–Crippen MR) is 157 cm³/mol. The van der Waals surface area contributed by atoms with E-state index in [1.807, 2.05) is 6.20 Å². The molecule has 4 heterocycles. The van der Waals surface area contributed by atoms with Gasteiger partial charge in [-0.05, 0) is 58.0 Å². The summed E-state index contributed by atoms with van der Waals surface area (Å²) in [5.74, 6) is 2.48. The van der Waals surface area contributed by atoms with Gasteiger partial charge in [-0.2, -0.15) is 10.1 Å². The largest absolute Gasteiger partial charge is 0.487 e. The molecular weight excluding hydrogens is 512 g/mol. The highest BCUT2D eigenvalue weighted by molar-refractivity contribution is 6.35. The lowest BCUT2D eigenvalue weighted by Gasteiger charge is -2.31. The number of aryl methyl sites for hydroxylation is 1. The molecular formula is C29H35ClN8O. The number of benzene rings is 2. The van der Waals surface area contributed by atoms with Gasteiger partial charge in [0, 0.05) is 67.2 Å². The zero-order chi connectivity index (χ0) is 26.7. The molecule has 39 heavy (non-hydrogen) atoms. The van der Waals surface area contributed by atoms with Crippen molar-refractivity contribution in [3.63, 3.8) is 0 Å². The number of fused-ring (bicyclic) bond motifs is 2. The maximum Gasteiger partial charge on any atom is 0.228 e. The van der Waals surface area contributed by atoms with Crippen LogP contribution in [0, 0.1) is 6.92 Å². The molecule has 1 unspecified atom stereocenters. The Labute approximate surface area is 233 Å². The molecule has 10 heteroatoms. The Morgan fingerprint density at radius 2 is 1.82 bits per heavy atom. The summed E-state index contributed by atoms with van der Waals surface area (Å²) in [4.78, 5) is 17.5. The van der Waals surface area contributed by atoms with Crippen LogP contribution < -0.4 is 19.9 Å². The maximum absolute atomic E-state index is 7.20. The van der Waals surface area contributed by atoms with Crippen LogP contribution in [0.2, 0.25) is 5.02 Å². The number of nitrogens with one attached hydrogen (secondary N) is 2. The summed E-state index contributed by atoms with van der Waals surface area (Å²) < 4.78 is 6.74. The SMILES string of the molecule is Cc1ccc2[nH]ncc2c1-c1c(Cl)cc2c(N3CCNCC3)nc(N3CCC(N(C)C)C3)nc2c1OC1CC1. The Morgan fingerprint density at radius 1 is 1.00 bits per heavy atom. The van der Waals surface area contributed by atoms with Gasteiger partial charge in [0.2, 0.25) is 5.95 Å². The molecule has 0 radical (unpaired) electrons. The zero-order valence-electron chi connectivity index (χ0n) is 22.8. The molecule has 2 saturated heterocycles. The molecule has 1 saturated carbocycles. The predicted octanol–water partition coefficient (Wildman–Crippen LogP) is 4.23. The van der Waals surface area contributed by atoms with Gasteiger partial charge >= 0.3 is 0 Å². The molecule has 1 aliphatic carbocycles. The van der Waals surface area contributed by atoms with Gasteiger partial charge in [0.05, 0.1) is 22.8 Å². The maximum atomic E-state index is 7.20. The number of aromatic nitrogens is 4. The van der Waals surface area contributed by atoms with Crippen LogP contribution in [0.4, 0.5) is 11.8 Å². The molecule has 2 aliphatic heterocycles. The molecule has 2 aromatic heterocycles. The highest BCUT2D eigenvalue weighted by atomic mass is 35.5. The van der Waals surface area contributed by atoms with Crippen LogP contribution in [-0.4, -0.2) is 90.6 Å². The van der Waals surface area contributed by atoms with Gasteiger partial charge in [-0.25, -0.2) is 4.98 Å². The Bertz CT molecular complexity index is 1540. The van der Waals surface area contributed by atoms with Crippen molar-refractivity contribution in [3.05, 3.63) is 35.0 Å². The Morgan fingerprint density at radius 3 is 2.56 bits per heavy atom. The summed E-state index contributed by atoms with van der Waals surface area (Å²) in [7, 11) is 4.30. The van der Waals surface area contributed by atoms with Gasteiger partial charge in [-0.1, -0.05) is 17.7 Å². The fourth-order valence-electron chi connectivity index (χ4n) is 5.94. The second-order valence-corrected chi connectivity index (χ2v) is 11.7. The zero-order valence-corrected chi connectivity index (χ0v) is 23.6. The molecule has 0 bridgehead atoms. The van der Waals surface area contributed by atoms with E-state index in [4.69, 9.17) is 26.3 Å². The minimum Gasteiger partial charge on any atom is -0.487 e. The lowest BCUT2D eigenvalue weighted by atomic mass is 9.94. The first kappa shape index (κ1) is 24.9. The summed E-state index contributed by atoms with van der Waals surface area (Å²) in [6.45, 7) is 7.58. The van der Waals surface area contributed by atoms with Gasteiger partial charge in [-0.15, -0.1) is 0 Å². The summed E-state index contributed by atoms with van der Waals surface area (Å²) in [6.07, 6.45) is 5.24. The van der Waals surface area contributed by atoms with Gasteiger partial charge in [-0.3, -0.25) is 5.10 Å². The Balaban J connectivity index is 1.49. The fourth-order valence-corrected chi connectivity index (χ4v) is 6.23. The number of likely N-dealkylation sites (N-methyl/N-ethyl adjacent to an activating group) is 1. The number of ether oxygens (including phenoxy) is 1. The van der Waals surface area contributed by atoms with Crippen LogP contribution in [0.5, 0.6) is 5.75 Å². The smallest absolute Gasteiger partial charge is 0.228 e.